The van der Waals surface area contributed by atoms with Gasteiger partial charge in [0, 0.05) is 23.6 Å². The van der Waals surface area contributed by atoms with Gasteiger partial charge in [-0.1, -0.05) is 18.7 Å². The molecule has 1 saturated heterocycles. The molecule has 8 heteroatoms. The Morgan fingerprint density at radius 2 is 2.15 bits per heavy atom. The predicted octanol–water partition coefficient (Wildman–Crippen LogP) is 4.42. The second kappa shape index (κ2) is 7.34. The summed E-state index contributed by atoms with van der Waals surface area (Å²) in [6.45, 7) is 2.69. The minimum absolute atomic E-state index is 0.115. The van der Waals surface area contributed by atoms with E-state index in [-0.39, 0.29) is 22.5 Å². The van der Waals surface area contributed by atoms with Gasteiger partial charge in [0.05, 0.1) is 16.2 Å². The van der Waals surface area contributed by atoms with Crippen LogP contribution in [-0.4, -0.2) is 29.3 Å². The lowest BCUT2D eigenvalue weighted by Gasteiger charge is -2.34. The maximum Gasteiger partial charge on any atom is 0.416 e. The standard InChI is InChI=1S/C18H19F3N2O2S/c1-2-12-5-3-4-8-23(12)16(24)10-15-17(25)22-13-9-11(18(19,20)21)6-7-14(13)26-15/h6-7,9-10,12H,2-5,8H2,1H3,(H,22,25)/b15-10+/t12-/m0/s1. The van der Waals surface area contributed by atoms with Crippen LogP contribution in [0.25, 0.3) is 0 Å². The molecular weight excluding hydrogens is 365 g/mol. The third-order valence-electron chi connectivity index (χ3n) is 4.63. The first-order chi connectivity index (χ1) is 12.3. The quantitative estimate of drug-likeness (QED) is 0.768. The SMILES string of the molecule is CC[C@H]1CCCCN1C(=O)/C=C1/Sc2ccc(C(F)(F)F)cc2NC1=O. The van der Waals surface area contributed by atoms with Gasteiger partial charge in [0.25, 0.3) is 5.91 Å². The molecular formula is C18H19F3N2O2S. The van der Waals surface area contributed by atoms with Gasteiger partial charge in [-0.25, -0.2) is 0 Å². The number of amides is 2. The third-order valence-corrected chi connectivity index (χ3v) is 5.73. The molecule has 0 spiro atoms. The molecule has 2 heterocycles. The van der Waals surface area contributed by atoms with E-state index in [1.54, 1.807) is 4.90 Å². The lowest BCUT2D eigenvalue weighted by atomic mass is 10.00. The van der Waals surface area contributed by atoms with E-state index in [2.05, 4.69) is 5.32 Å². The number of hydrogen-bond donors (Lipinski definition) is 1. The fourth-order valence-corrected chi connectivity index (χ4v) is 4.14. The Labute approximate surface area is 153 Å². The second-order valence-electron chi connectivity index (χ2n) is 6.36. The zero-order chi connectivity index (χ0) is 18.9. The van der Waals surface area contributed by atoms with Crippen molar-refractivity contribution < 1.29 is 22.8 Å². The number of rotatable bonds is 2. The Morgan fingerprint density at radius 3 is 2.85 bits per heavy atom. The number of nitrogens with zero attached hydrogens (tertiary/aromatic N) is 1. The van der Waals surface area contributed by atoms with Crippen molar-refractivity contribution in [1.29, 1.82) is 0 Å². The van der Waals surface area contributed by atoms with E-state index in [0.717, 1.165) is 49.6 Å². The van der Waals surface area contributed by atoms with E-state index < -0.39 is 17.6 Å². The van der Waals surface area contributed by atoms with Gasteiger partial charge in [0.15, 0.2) is 0 Å². The van der Waals surface area contributed by atoms with Gasteiger partial charge in [0.2, 0.25) is 5.91 Å². The summed E-state index contributed by atoms with van der Waals surface area (Å²) < 4.78 is 38.4. The normalized spacial score (nSPS) is 22.2. The Morgan fingerprint density at radius 1 is 1.38 bits per heavy atom. The maximum absolute atomic E-state index is 12.8. The number of benzene rings is 1. The van der Waals surface area contributed by atoms with Crippen LogP contribution in [-0.2, 0) is 15.8 Å². The van der Waals surface area contributed by atoms with Crippen molar-refractivity contribution in [3.63, 3.8) is 0 Å². The van der Waals surface area contributed by atoms with Gasteiger partial charge in [-0.2, -0.15) is 13.2 Å². The van der Waals surface area contributed by atoms with E-state index in [4.69, 9.17) is 0 Å². The first-order valence-electron chi connectivity index (χ1n) is 8.52. The highest BCUT2D eigenvalue weighted by molar-refractivity contribution is 8.04. The largest absolute Gasteiger partial charge is 0.416 e. The molecule has 4 nitrogen and oxygen atoms in total. The van der Waals surface area contributed by atoms with Gasteiger partial charge < -0.3 is 10.2 Å². The summed E-state index contributed by atoms with van der Waals surface area (Å²) in [5, 5.41) is 2.46. The van der Waals surface area contributed by atoms with E-state index in [0.29, 0.717) is 11.4 Å². The molecule has 1 aromatic rings. The average Bonchev–Trinajstić information content (AvgIpc) is 2.61. The monoisotopic (exact) mass is 384 g/mol. The number of carbonyl (C=O) groups is 2. The number of likely N-dealkylation sites (tertiary alicyclic amines) is 1. The van der Waals surface area contributed by atoms with Crippen LogP contribution < -0.4 is 5.32 Å². The Bertz CT molecular complexity index is 761. The van der Waals surface area contributed by atoms with Crippen molar-refractivity contribution in [2.75, 3.05) is 11.9 Å². The molecule has 1 N–H and O–H groups in total. The zero-order valence-corrected chi connectivity index (χ0v) is 15.0. The van der Waals surface area contributed by atoms with Gasteiger partial charge in [-0.15, -0.1) is 0 Å². The molecule has 0 saturated carbocycles. The molecule has 2 aliphatic rings. The van der Waals surface area contributed by atoms with E-state index in [1.807, 2.05) is 6.92 Å². The number of piperidine rings is 1. The molecule has 2 aliphatic heterocycles. The van der Waals surface area contributed by atoms with Crippen molar-refractivity contribution in [2.45, 2.75) is 49.7 Å². The van der Waals surface area contributed by atoms with Crippen LogP contribution >= 0.6 is 11.8 Å². The van der Waals surface area contributed by atoms with Crippen molar-refractivity contribution >= 4 is 29.3 Å². The number of thioether (sulfide) groups is 1. The molecule has 0 bridgehead atoms. The molecule has 0 radical (unpaired) electrons. The predicted molar refractivity (Wildman–Crippen MR) is 93.7 cm³/mol. The summed E-state index contributed by atoms with van der Waals surface area (Å²) in [6, 6.07) is 3.37. The molecule has 0 aromatic heterocycles. The van der Waals surface area contributed by atoms with Crippen LogP contribution in [0.1, 0.15) is 38.2 Å². The summed E-state index contributed by atoms with van der Waals surface area (Å²) in [6.07, 6.45) is 0.663. The zero-order valence-electron chi connectivity index (χ0n) is 14.2. The summed E-state index contributed by atoms with van der Waals surface area (Å²) in [5.41, 5.74) is -0.705. The van der Waals surface area contributed by atoms with Crippen LogP contribution in [0.4, 0.5) is 18.9 Å². The highest BCUT2D eigenvalue weighted by Gasteiger charge is 2.33. The minimum atomic E-state index is -4.47. The number of halogens is 3. The summed E-state index contributed by atoms with van der Waals surface area (Å²) in [5.74, 6) is -0.773. The topological polar surface area (TPSA) is 49.4 Å². The maximum atomic E-state index is 12.8. The summed E-state index contributed by atoms with van der Waals surface area (Å²) in [7, 11) is 0. The minimum Gasteiger partial charge on any atom is -0.336 e. The molecule has 0 unspecified atom stereocenters. The first kappa shape index (κ1) is 18.8. The summed E-state index contributed by atoms with van der Waals surface area (Å²) >= 11 is 1.02. The van der Waals surface area contributed by atoms with Gasteiger partial charge in [0.1, 0.15) is 0 Å². The van der Waals surface area contributed by atoms with Crippen molar-refractivity contribution in [1.82, 2.24) is 4.90 Å². The van der Waals surface area contributed by atoms with Crippen LogP contribution in [0.2, 0.25) is 0 Å². The molecule has 3 rings (SSSR count). The molecule has 2 amide bonds. The van der Waals surface area contributed by atoms with Crippen molar-refractivity contribution in [2.24, 2.45) is 0 Å². The van der Waals surface area contributed by atoms with Crippen molar-refractivity contribution in [3.05, 3.63) is 34.7 Å². The highest BCUT2D eigenvalue weighted by Crippen LogP contribution is 2.41. The van der Waals surface area contributed by atoms with Gasteiger partial charge >= 0.3 is 6.18 Å². The smallest absolute Gasteiger partial charge is 0.336 e. The Balaban J connectivity index is 1.81. The Hall–Kier alpha value is -1.96. The van der Waals surface area contributed by atoms with Crippen LogP contribution in [0.15, 0.2) is 34.1 Å². The fourth-order valence-electron chi connectivity index (χ4n) is 3.25. The average molecular weight is 384 g/mol. The fraction of sp³-hybridized carbons (Fsp3) is 0.444. The third kappa shape index (κ3) is 3.90. The van der Waals surface area contributed by atoms with Crippen LogP contribution in [0.5, 0.6) is 0 Å². The number of carbonyl (C=O) groups excluding carboxylic acids is 2. The molecule has 1 fully saturated rings. The molecule has 0 aliphatic carbocycles. The number of nitrogens with one attached hydrogen (secondary N) is 1. The number of anilines is 1. The molecule has 26 heavy (non-hydrogen) atoms. The summed E-state index contributed by atoms with van der Waals surface area (Å²) in [4.78, 5) is 27.3. The van der Waals surface area contributed by atoms with Crippen LogP contribution in [0.3, 0.4) is 0 Å². The van der Waals surface area contributed by atoms with Gasteiger partial charge in [-0.3, -0.25) is 9.59 Å². The number of fused-ring (bicyclic) bond motifs is 1. The first-order valence-corrected chi connectivity index (χ1v) is 9.34. The number of alkyl halides is 3. The molecule has 1 atom stereocenters. The number of hydrogen-bond acceptors (Lipinski definition) is 3. The molecule has 1 aromatic carbocycles. The second-order valence-corrected chi connectivity index (χ2v) is 7.45. The Kier molecular flexibility index (Phi) is 5.32. The molecule has 140 valence electrons. The van der Waals surface area contributed by atoms with E-state index in [9.17, 15) is 22.8 Å². The lowest BCUT2D eigenvalue weighted by Crippen LogP contribution is -2.42. The highest BCUT2D eigenvalue weighted by atomic mass is 32.2. The lowest BCUT2D eigenvalue weighted by molar-refractivity contribution is -0.137. The van der Waals surface area contributed by atoms with Gasteiger partial charge in [-0.05, 0) is 43.9 Å². The van der Waals surface area contributed by atoms with E-state index >= 15 is 0 Å². The van der Waals surface area contributed by atoms with Crippen LogP contribution in [0, 0.1) is 0 Å². The van der Waals surface area contributed by atoms with E-state index in [1.165, 1.54) is 12.1 Å². The van der Waals surface area contributed by atoms with Crippen molar-refractivity contribution in [3.8, 4) is 0 Å².